The van der Waals surface area contributed by atoms with Crippen LogP contribution in [0.2, 0.25) is 0 Å². The number of aromatic hydroxyl groups is 1. The van der Waals surface area contributed by atoms with Gasteiger partial charge in [0.1, 0.15) is 22.9 Å². The van der Waals surface area contributed by atoms with E-state index in [0.29, 0.717) is 28.7 Å². The lowest BCUT2D eigenvalue weighted by Gasteiger charge is -2.20. The van der Waals surface area contributed by atoms with Crippen molar-refractivity contribution in [2.24, 2.45) is 10.1 Å². The van der Waals surface area contributed by atoms with Gasteiger partial charge in [0.15, 0.2) is 11.9 Å². The number of ether oxygens (including phenoxy) is 1. The molecule has 0 bridgehead atoms. The molecule has 0 saturated heterocycles. The van der Waals surface area contributed by atoms with Crippen LogP contribution in [0.1, 0.15) is 32.2 Å². The van der Waals surface area contributed by atoms with Gasteiger partial charge in [0.05, 0.1) is 26.5 Å². The molecule has 5 aromatic carbocycles. The van der Waals surface area contributed by atoms with E-state index < -0.39 is 15.9 Å². The van der Waals surface area contributed by atoms with Gasteiger partial charge < -0.3 is 20.1 Å². The Morgan fingerprint density at radius 2 is 1.50 bits per heavy atom. The zero-order chi connectivity index (χ0) is 36.4. The first kappa shape index (κ1) is 34.2. The van der Waals surface area contributed by atoms with Crippen molar-refractivity contribution in [3.8, 4) is 11.5 Å². The molecule has 1 aromatic heterocycles. The summed E-state index contributed by atoms with van der Waals surface area (Å²) in [7, 11) is -3.78. The van der Waals surface area contributed by atoms with E-state index in [2.05, 4.69) is 36.2 Å². The quantitative estimate of drug-likeness (QED) is 0.145. The monoisotopic (exact) mass is 712 g/mol. The predicted octanol–water partition coefficient (Wildman–Crippen LogP) is 7.21. The van der Waals surface area contributed by atoms with Crippen LogP contribution >= 0.6 is 0 Å². The molecular weight excluding hydrogens is 677 g/mol. The summed E-state index contributed by atoms with van der Waals surface area (Å²) in [4.78, 5) is 25.4. The van der Waals surface area contributed by atoms with E-state index in [0.717, 1.165) is 41.1 Å². The lowest BCUT2D eigenvalue weighted by Crippen LogP contribution is -2.30. The van der Waals surface area contributed by atoms with E-state index in [1.54, 1.807) is 19.1 Å². The molecule has 6 aromatic rings. The molecule has 0 radical (unpaired) electrons. The number of imidazole rings is 1. The Morgan fingerprint density at radius 3 is 2.15 bits per heavy atom. The Bertz CT molecular complexity index is 2420. The van der Waals surface area contributed by atoms with E-state index in [-0.39, 0.29) is 21.4 Å². The number of hydrogen-bond acceptors (Lipinski definition) is 9. The number of nitrogens with one attached hydrogen (secondary N) is 1. The molecule has 2 heterocycles. The molecule has 0 fully saturated rings. The number of aromatic nitrogens is 2. The van der Waals surface area contributed by atoms with E-state index in [4.69, 9.17) is 19.8 Å². The first-order chi connectivity index (χ1) is 25.1. The molecule has 52 heavy (non-hydrogen) atoms. The predicted molar refractivity (Wildman–Crippen MR) is 203 cm³/mol. The van der Waals surface area contributed by atoms with E-state index in [9.17, 15) is 18.3 Å². The highest BCUT2D eigenvalue weighted by atomic mass is 32.2. The molecule has 1 atom stereocenters. The maximum Gasteiger partial charge on any atom is 0.265 e. The fourth-order valence-electron chi connectivity index (χ4n) is 5.95. The second-order valence-corrected chi connectivity index (χ2v) is 14.1. The van der Waals surface area contributed by atoms with Gasteiger partial charge >= 0.3 is 0 Å². The minimum absolute atomic E-state index is 0.0247. The van der Waals surface area contributed by atoms with Gasteiger partial charge in [-0.2, -0.15) is 5.10 Å². The number of nitrogens with zero attached hydrogens (tertiary/aromatic N) is 5. The number of benzene rings is 5. The Morgan fingerprint density at radius 1 is 0.865 bits per heavy atom. The van der Waals surface area contributed by atoms with E-state index in [1.165, 1.54) is 48.5 Å². The van der Waals surface area contributed by atoms with Crippen molar-refractivity contribution >= 4 is 55.3 Å². The summed E-state index contributed by atoms with van der Waals surface area (Å²) in [5.74, 6) is 0.580. The Balaban J connectivity index is 1.07. The number of hydrogen-bond donors (Lipinski definition) is 2. The highest BCUT2D eigenvalue weighted by Gasteiger charge is 2.28. The van der Waals surface area contributed by atoms with Crippen molar-refractivity contribution in [1.29, 1.82) is 0 Å². The largest absolute Gasteiger partial charge is 0.508 e. The number of para-hydroxylation sites is 2. The maximum absolute atomic E-state index is 13.1. The fourth-order valence-corrected chi connectivity index (χ4v) is 7.21. The molecule has 1 aliphatic heterocycles. The average Bonchev–Trinajstić information content (AvgIpc) is 3.70. The van der Waals surface area contributed by atoms with E-state index in [1.807, 2.05) is 53.2 Å². The number of aliphatic imine (C=N–C) groups is 1. The standard InChI is InChI=1S/C40H36N6O5S/c1-4-45(5-2)30-16-14-28(15-17-30)41-38-37(44-46-36-9-7-6-8-35(36)43-39(38)46)27-10-12-29(13-11-27)42-40(48)26(3)51-32-20-24-34(25-21-32)52(49,50)33-22-18-31(47)19-23-33/h6-26,47H,4-5H2,1-3H3,(H,42,48)/b41-38-. The van der Waals surface area contributed by atoms with Gasteiger partial charge in [0, 0.05) is 30.0 Å². The van der Waals surface area contributed by atoms with Crippen LogP contribution in [-0.2, 0) is 14.6 Å². The zero-order valence-corrected chi connectivity index (χ0v) is 29.6. The summed E-state index contributed by atoms with van der Waals surface area (Å²) in [5, 5.41) is 17.3. The summed E-state index contributed by atoms with van der Waals surface area (Å²) >= 11 is 0. The summed E-state index contributed by atoms with van der Waals surface area (Å²) < 4.78 is 33.5. The summed E-state index contributed by atoms with van der Waals surface area (Å²) in [6.45, 7) is 7.71. The third-order valence-electron chi connectivity index (χ3n) is 8.78. The number of anilines is 2. The van der Waals surface area contributed by atoms with Crippen LogP contribution in [0.3, 0.4) is 0 Å². The van der Waals surface area contributed by atoms with Crippen molar-refractivity contribution in [2.75, 3.05) is 23.3 Å². The van der Waals surface area contributed by atoms with Crippen molar-refractivity contribution in [3.63, 3.8) is 0 Å². The molecule has 12 heteroatoms. The molecule has 7 rings (SSSR count). The topological polar surface area (TPSA) is 138 Å². The molecule has 0 saturated carbocycles. The number of carbonyl (C=O) groups is 1. The lowest BCUT2D eigenvalue weighted by atomic mass is 10.1. The summed E-state index contributed by atoms with van der Waals surface area (Å²) in [5.41, 5.74) is 6.29. The average molecular weight is 713 g/mol. The molecule has 0 spiro atoms. The molecule has 11 nitrogen and oxygen atoms in total. The highest BCUT2D eigenvalue weighted by molar-refractivity contribution is 7.91. The lowest BCUT2D eigenvalue weighted by molar-refractivity contribution is -0.122. The fraction of sp³-hybridized carbons (Fsp3) is 0.150. The van der Waals surface area contributed by atoms with Gasteiger partial charge in [-0.05, 0) is 118 Å². The molecular formula is C40H36N6O5S. The van der Waals surface area contributed by atoms with Crippen LogP contribution < -0.4 is 15.0 Å². The minimum atomic E-state index is -3.78. The number of carbonyl (C=O) groups excluding carboxylic acids is 1. The summed E-state index contributed by atoms with van der Waals surface area (Å²) in [6.07, 6.45) is -0.879. The molecule has 1 unspecified atom stereocenters. The van der Waals surface area contributed by atoms with Crippen LogP contribution in [0.25, 0.3) is 11.0 Å². The van der Waals surface area contributed by atoms with Crippen LogP contribution in [-0.4, -0.2) is 59.7 Å². The van der Waals surface area contributed by atoms with Crippen LogP contribution in [0.5, 0.6) is 11.5 Å². The molecule has 2 N–H and O–H groups in total. The number of rotatable bonds is 11. The number of sulfone groups is 1. The Labute approximate surface area is 301 Å². The van der Waals surface area contributed by atoms with Crippen LogP contribution in [0.4, 0.5) is 17.1 Å². The van der Waals surface area contributed by atoms with Gasteiger partial charge in [0.2, 0.25) is 9.84 Å². The van der Waals surface area contributed by atoms with Crippen molar-refractivity contribution in [3.05, 3.63) is 133 Å². The minimum Gasteiger partial charge on any atom is -0.508 e. The van der Waals surface area contributed by atoms with Crippen LogP contribution in [0.15, 0.2) is 141 Å². The van der Waals surface area contributed by atoms with Gasteiger partial charge in [-0.25, -0.2) is 23.1 Å². The Hall–Kier alpha value is -6.27. The van der Waals surface area contributed by atoms with Gasteiger partial charge in [-0.1, -0.05) is 24.3 Å². The maximum atomic E-state index is 13.1. The second-order valence-electron chi connectivity index (χ2n) is 12.1. The summed E-state index contributed by atoms with van der Waals surface area (Å²) in [6, 6.07) is 34.5. The van der Waals surface area contributed by atoms with Crippen molar-refractivity contribution < 1.29 is 23.1 Å². The third-order valence-corrected chi connectivity index (χ3v) is 10.6. The number of phenolic OH excluding ortho intramolecular Hbond substituents is 1. The first-order valence-corrected chi connectivity index (χ1v) is 18.4. The zero-order valence-electron chi connectivity index (χ0n) is 28.8. The van der Waals surface area contributed by atoms with Gasteiger partial charge in [-0.3, -0.25) is 4.79 Å². The smallest absolute Gasteiger partial charge is 0.265 e. The first-order valence-electron chi connectivity index (χ1n) is 16.9. The number of phenols is 1. The van der Waals surface area contributed by atoms with Crippen molar-refractivity contribution in [2.45, 2.75) is 36.7 Å². The van der Waals surface area contributed by atoms with Crippen LogP contribution in [0, 0.1) is 0 Å². The van der Waals surface area contributed by atoms with E-state index >= 15 is 0 Å². The normalized spacial score (nSPS) is 13.8. The molecule has 1 aliphatic rings. The molecule has 1 amide bonds. The molecule has 262 valence electrons. The SMILES string of the molecule is CCN(CC)c1ccc(/N=C2/C(c3ccc(NC(=O)C(C)Oc4ccc(S(=O)(=O)c5ccc(O)cc5)cc4)cc3)=Nn3c2nc2ccccc23)cc1. The van der Waals surface area contributed by atoms with Crippen molar-refractivity contribution in [1.82, 2.24) is 9.66 Å². The van der Waals surface area contributed by atoms with Gasteiger partial charge in [0.25, 0.3) is 5.91 Å². The number of amides is 1. The second kappa shape index (κ2) is 14.2. The Kier molecular flexibility index (Phi) is 9.31. The van der Waals surface area contributed by atoms with Gasteiger partial charge in [-0.15, -0.1) is 0 Å². The third kappa shape index (κ3) is 6.75. The number of fused-ring (bicyclic) bond motifs is 3. The molecule has 0 aliphatic carbocycles. The highest BCUT2D eigenvalue weighted by Crippen LogP contribution is 2.28.